The first kappa shape index (κ1) is 100.0. The van der Waals surface area contributed by atoms with Crippen molar-refractivity contribution in [1.82, 2.24) is 0 Å². The van der Waals surface area contributed by atoms with Crippen LogP contribution in [0.4, 0.5) is 0 Å². The predicted octanol–water partition coefficient (Wildman–Crippen LogP) is 9.94. The van der Waals surface area contributed by atoms with Crippen molar-refractivity contribution in [3.63, 3.8) is 0 Å². The molecule has 30 atom stereocenters. The SMILES string of the molecule is CO[C@@H]1[C@@H](OC)[C@H]2O[C@H]3[C@H](OC)[C@@H](OC)[C@@H](O[C@H]4[C@H](OC)[C@@H](OC)[C@@H](O[C@H]5[C@H](OC)[C@@H](OC)[C@@H](O[C@H]6[C@H](OC)[C@@H](OC)[C@@H](O[C@H]7[C@H](OC)[C@@H](OC)[C@@H](O[C@@H]1[C@@H](CO)O2)O[C@@H]7CO[Si](C)(C)C(C)(C)C)O[C@@H]6CO[Si](C)(C)C(C)(C)C)O[C@@H]5CO[Si](C)(C)C(C)(C)C)O[C@@H]4CO[Si](C)(C)C(C)(C)C)O[C@@H]3CO[Si](C)(C)C(C)(C)C. The molecule has 22 heterocycles. The molecule has 0 aromatic carbocycles. The van der Waals surface area contributed by atoms with Crippen LogP contribution in [0.2, 0.25) is 90.7 Å². The van der Waals surface area contributed by atoms with E-state index in [1.165, 1.54) is 21.3 Å². The van der Waals surface area contributed by atoms with Crippen molar-refractivity contribution in [2.45, 2.75) is 379 Å². The molecule has 12 bridgehead atoms. The lowest BCUT2D eigenvalue weighted by Crippen LogP contribution is -2.70. The summed E-state index contributed by atoms with van der Waals surface area (Å²) in [6, 6.07) is 0. The lowest BCUT2D eigenvalue weighted by molar-refractivity contribution is -0.409. The van der Waals surface area contributed by atoms with Gasteiger partial charge in [0.15, 0.2) is 79.3 Å². The minimum Gasteiger partial charge on any atom is -0.414 e. The second kappa shape index (κ2) is 40.2. The second-order valence-electron chi connectivity index (χ2n) is 38.8. The molecular weight excluding hydrogens is 1560 g/mol. The van der Waals surface area contributed by atoms with Crippen molar-refractivity contribution in [3.8, 4) is 0 Å². The molecule has 0 aromatic rings. The zero-order valence-electron chi connectivity index (χ0n) is 75.8. The largest absolute Gasteiger partial charge is 0.414 e. The third kappa shape index (κ3) is 22.5. The summed E-state index contributed by atoms with van der Waals surface area (Å²) >= 11 is 0. The van der Waals surface area contributed by atoms with Crippen LogP contribution in [0.5, 0.6) is 0 Å². The van der Waals surface area contributed by atoms with Gasteiger partial charge in [-0.2, -0.15) is 0 Å². The highest BCUT2D eigenvalue weighted by Crippen LogP contribution is 2.47. The smallest absolute Gasteiger partial charge is 0.192 e. The van der Waals surface area contributed by atoms with Crippen LogP contribution in [0.3, 0.4) is 0 Å². The fourth-order valence-corrected chi connectivity index (χ4v) is 19.4. The zero-order valence-corrected chi connectivity index (χ0v) is 80.8. The maximum Gasteiger partial charge on any atom is 0.192 e. The van der Waals surface area contributed by atoms with Gasteiger partial charge in [0, 0.05) is 85.3 Å². The molecule has 0 saturated carbocycles. The average Bonchev–Trinajstić information content (AvgIpc) is 0.758. The Hall–Kier alpha value is -0.116. The maximum atomic E-state index is 11.7. The molecule has 22 saturated heterocycles. The highest BCUT2D eigenvalue weighted by molar-refractivity contribution is 6.75. The number of hydrogen-bond donors (Lipinski definition) is 1. The van der Waals surface area contributed by atoms with Crippen LogP contribution in [-0.2, 0) is 136 Å². The van der Waals surface area contributed by atoms with Gasteiger partial charge in [0.05, 0.1) is 39.6 Å². The summed E-state index contributed by atoms with van der Waals surface area (Å²) in [4.78, 5) is 0. The summed E-state index contributed by atoms with van der Waals surface area (Å²) in [7, 11) is 5.75. The summed E-state index contributed by atoms with van der Waals surface area (Å²) in [6.07, 6.45) is -32.3. The third-order valence-corrected chi connectivity index (χ3v) is 49.3. The lowest BCUT2D eigenvalue weighted by Gasteiger charge is -2.54. The second-order valence-corrected chi connectivity index (χ2v) is 62.9. The van der Waals surface area contributed by atoms with Gasteiger partial charge in [-0.3, -0.25) is 0 Å². The van der Waals surface area contributed by atoms with Gasteiger partial charge >= 0.3 is 0 Å². The molecule has 22 rings (SSSR count). The number of aliphatic hydroxyl groups excluding tert-OH is 1. The summed E-state index contributed by atoms with van der Waals surface area (Å²) in [5.41, 5.74) is 0. The molecule has 1 N–H and O–H groups in total. The first-order chi connectivity index (χ1) is 52.4. The van der Waals surface area contributed by atoms with Crippen molar-refractivity contribution in [2.24, 2.45) is 0 Å². The summed E-state index contributed by atoms with van der Waals surface area (Å²) in [6.45, 7) is 53.6. The number of methoxy groups -OCH3 is 12. The Morgan fingerprint density at radius 3 is 0.442 bits per heavy atom. The third-order valence-electron chi connectivity index (χ3n) is 26.8. The Labute approximate surface area is 682 Å². The van der Waals surface area contributed by atoms with Crippen molar-refractivity contribution < 1.29 is 141 Å². The lowest BCUT2D eigenvalue weighted by atomic mass is 9.94. The van der Waals surface area contributed by atoms with E-state index in [4.69, 9.17) is 136 Å². The van der Waals surface area contributed by atoms with Crippen LogP contribution < -0.4 is 0 Å². The number of hydrogen-bond acceptors (Lipinski definition) is 30. The van der Waals surface area contributed by atoms with E-state index in [2.05, 4.69) is 169 Å². The Bertz CT molecular complexity index is 2780. The fraction of sp³-hybridized carbons (Fsp3) is 1.00. The van der Waals surface area contributed by atoms with Gasteiger partial charge in [0.1, 0.15) is 146 Å². The molecule has 666 valence electrons. The molecule has 30 nitrogen and oxygen atoms in total. The Balaban J connectivity index is 1.50. The van der Waals surface area contributed by atoms with Crippen LogP contribution in [0.25, 0.3) is 0 Å². The molecule has 0 radical (unpaired) electrons. The Kier molecular flexibility index (Phi) is 35.6. The summed E-state index contributed by atoms with van der Waals surface area (Å²) in [5.74, 6) is 0. The molecule has 0 unspecified atom stereocenters. The highest BCUT2D eigenvalue weighted by Gasteiger charge is 2.63. The summed E-state index contributed by atoms with van der Waals surface area (Å²) < 4.78 is 203. The first-order valence-electron chi connectivity index (χ1n) is 40.4. The minimum absolute atomic E-state index is 0.00530. The van der Waals surface area contributed by atoms with E-state index >= 15 is 0 Å². The maximum absolute atomic E-state index is 11.7. The molecule has 22 fully saturated rings. The normalized spacial score (nSPS) is 38.9. The standard InChI is InChI=1S/C78H154O30Si5/c1-74(2,3)109(28,29)92-39-45-51-57(81-17)64(88-24)70(99-45)106-53-47(41-94-111(32,33)76(7,8)9)101-72(66(90-26)59(53)83-19)108-55-49(43-96-113(36,37)78(13,14)15)102-73(67(91-27)61(55)85-21)107-54-48(42-95-112(34,35)77(10,11)12)100-71(65(89-25)60(54)84-20)105-52-46(40-93-110(30,31)75(4,5)6)98-69(63(87-23)58(52)82-18)103-50-44(38-79)97-68(104-51)62(86-22)56(50)80-16/h44-73,79H,38-43H2,1-37H3/t44-,45-,46-,47-,48-,49-,50-,51-,52-,53-,54-,55-,56+,57+,58+,59+,60+,61+,62-,63-,64-,65-,66-,67-,68-,69-,70-,71-,72-,73-/m1/s1. The molecule has 113 heavy (non-hydrogen) atoms. The van der Waals surface area contributed by atoms with Crippen molar-refractivity contribution >= 4 is 41.6 Å². The number of ether oxygens (including phenoxy) is 24. The van der Waals surface area contributed by atoms with E-state index < -0.39 is 232 Å². The molecule has 22 aliphatic heterocycles. The van der Waals surface area contributed by atoms with Crippen LogP contribution in [0.1, 0.15) is 104 Å². The molecule has 0 aromatic heterocycles. The molecule has 0 amide bonds. The molecule has 0 aliphatic carbocycles. The van der Waals surface area contributed by atoms with Gasteiger partial charge in [-0.15, -0.1) is 0 Å². The first-order valence-corrected chi connectivity index (χ1v) is 54.9. The van der Waals surface area contributed by atoms with Crippen LogP contribution >= 0.6 is 0 Å². The van der Waals surface area contributed by atoms with Crippen LogP contribution in [-0.4, -0.2) is 356 Å². The van der Waals surface area contributed by atoms with E-state index in [9.17, 15) is 5.11 Å². The topological polar surface area (TPSA) is 288 Å². The quantitative estimate of drug-likeness (QED) is 0.0713. The van der Waals surface area contributed by atoms with Crippen molar-refractivity contribution in [1.29, 1.82) is 0 Å². The molecule has 35 heteroatoms. The predicted molar refractivity (Wildman–Crippen MR) is 434 cm³/mol. The highest BCUT2D eigenvalue weighted by atomic mass is 28.4. The van der Waals surface area contributed by atoms with Gasteiger partial charge in [0.2, 0.25) is 0 Å². The van der Waals surface area contributed by atoms with Gasteiger partial charge in [-0.05, 0) is 90.7 Å². The zero-order chi connectivity index (χ0) is 85.1. The molecule has 0 spiro atoms. The average molecular weight is 1710 g/mol. The Morgan fingerprint density at radius 2 is 0.327 bits per heavy atom. The van der Waals surface area contributed by atoms with E-state index in [0.29, 0.717) is 0 Å². The van der Waals surface area contributed by atoms with E-state index in [1.54, 1.807) is 64.0 Å². The van der Waals surface area contributed by atoms with E-state index in [-0.39, 0.29) is 58.2 Å². The monoisotopic (exact) mass is 1710 g/mol. The molecular formula is C78H154O30Si5. The van der Waals surface area contributed by atoms with Crippen LogP contribution in [0, 0.1) is 0 Å². The number of rotatable bonds is 28. The number of aliphatic hydroxyl groups is 1. The van der Waals surface area contributed by atoms with E-state index in [1.807, 2.05) is 0 Å². The summed E-state index contributed by atoms with van der Waals surface area (Å²) in [5, 5.41) is 10.5. The molecule has 22 aliphatic rings. The van der Waals surface area contributed by atoms with Crippen molar-refractivity contribution in [3.05, 3.63) is 0 Å². The van der Waals surface area contributed by atoms with Gasteiger partial charge < -0.3 is 141 Å². The minimum atomic E-state index is -2.59. The van der Waals surface area contributed by atoms with Crippen molar-refractivity contribution in [2.75, 3.05) is 125 Å². The fourth-order valence-electron chi connectivity index (χ4n) is 14.3. The van der Waals surface area contributed by atoms with Gasteiger partial charge in [-0.25, -0.2) is 0 Å². The van der Waals surface area contributed by atoms with E-state index in [0.717, 1.165) is 0 Å². The Morgan fingerprint density at radius 1 is 0.204 bits per heavy atom. The van der Waals surface area contributed by atoms with Crippen LogP contribution in [0.15, 0.2) is 0 Å². The van der Waals surface area contributed by atoms with Gasteiger partial charge in [-0.1, -0.05) is 104 Å². The van der Waals surface area contributed by atoms with Gasteiger partial charge in [0.25, 0.3) is 0 Å².